The lowest BCUT2D eigenvalue weighted by Gasteiger charge is -2.13. The molecule has 0 saturated heterocycles. The Kier molecular flexibility index (Phi) is 5.55. The topological polar surface area (TPSA) is 64.3 Å². The highest BCUT2D eigenvalue weighted by Crippen LogP contribution is 2.16. The number of hydrogen-bond acceptors (Lipinski definition) is 3. The van der Waals surface area contributed by atoms with Crippen molar-refractivity contribution in [1.82, 2.24) is 0 Å². The van der Waals surface area contributed by atoms with E-state index in [0.29, 0.717) is 13.0 Å². The van der Waals surface area contributed by atoms with E-state index in [4.69, 9.17) is 10.5 Å². The Bertz CT molecular complexity index is 606. The summed E-state index contributed by atoms with van der Waals surface area (Å²) in [4.78, 5) is 12.0. The Hall–Kier alpha value is -2.33. The summed E-state index contributed by atoms with van der Waals surface area (Å²) in [5, 5.41) is 2.79. The van der Waals surface area contributed by atoms with Crippen LogP contribution >= 0.6 is 0 Å². The van der Waals surface area contributed by atoms with Crippen molar-refractivity contribution >= 4 is 11.6 Å². The summed E-state index contributed by atoms with van der Waals surface area (Å²) < 4.78 is 5.68. The van der Waals surface area contributed by atoms with E-state index in [9.17, 15) is 4.79 Å². The van der Waals surface area contributed by atoms with E-state index < -0.39 is 6.04 Å². The molecule has 22 heavy (non-hydrogen) atoms. The first kappa shape index (κ1) is 16.0. The Labute approximate surface area is 131 Å². The van der Waals surface area contributed by atoms with Crippen LogP contribution in [-0.4, -0.2) is 18.6 Å². The number of aryl methyl sites for hydroxylation is 2. The monoisotopic (exact) mass is 298 g/mol. The molecule has 2 rings (SSSR count). The van der Waals surface area contributed by atoms with Crippen molar-refractivity contribution in [3.63, 3.8) is 0 Å². The fourth-order valence-corrected chi connectivity index (χ4v) is 2.21. The first-order valence-corrected chi connectivity index (χ1v) is 7.37. The van der Waals surface area contributed by atoms with Crippen LogP contribution in [0.2, 0.25) is 0 Å². The smallest absolute Gasteiger partial charge is 0.241 e. The van der Waals surface area contributed by atoms with Crippen molar-refractivity contribution in [2.75, 3.05) is 11.9 Å². The molecular weight excluding hydrogens is 276 g/mol. The van der Waals surface area contributed by atoms with Crippen LogP contribution in [0.3, 0.4) is 0 Å². The third-order valence-electron chi connectivity index (χ3n) is 3.27. The molecule has 2 aromatic carbocycles. The number of amides is 1. The summed E-state index contributed by atoms with van der Waals surface area (Å²) in [6.45, 7) is 4.46. The van der Waals surface area contributed by atoms with Crippen molar-refractivity contribution in [2.45, 2.75) is 26.3 Å². The second-order valence-electron chi connectivity index (χ2n) is 5.42. The van der Waals surface area contributed by atoms with E-state index >= 15 is 0 Å². The fourth-order valence-electron chi connectivity index (χ4n) is 2.21. The number of anilines is 1. The molecule has 0 heterocycles. The molecule has 1 atom stereocenters. The highest BCUT2D eigenvalue weighted by atomic mass is 16.5. The quantitative estimate of drug-likeness (QED) is 0.861. The van der Waals surface area contributed by atoms with Crippen molar-refractivity contribution in [2.24, 2.45) is 5.73 Å². The number of hydrogen-bond donors (Lipinski definition) is 2. The molecule has 0 spiro atoms. The van der Waals surface area contributed by atoms with Crippen LogP contribution in [0, 0.1) is 13.8 Å². The normalized spacial score (nSPS) is 11.8. The van der Waals surface area contributed by atoms with E-state index in [0.717, 1.165) is 22.6 Å². The van der Waals surface area contributed by atoms with Crippen molar-refractivity contribution in [3.05, 3.63) is 59.7 Å². The van der Waals surface area contributed by atoms with Crippen molar-refractivity contribution in [3.8, 4) is 5.75 Å². The van der Waals surface area contributed by atoms with Gasteiger partial charge in [-0.05, 0) is 49.2 Å². The molecule has 0 aliphatic rings. The Balaban J connectivity index is 1.79. The van der Waals surface area contributed by atoms with Crippen LogP contribution in [0.5, 0.6) is 5.75 Å². The summed E-state index contributed by atoms with van der Waals surface area (Å²) in [7, 11) is 0. The Morgan fingerprint density at radius 1 is 1.14 bits per heavy atom. The number of ether oxygens (including phenoxy) is 1. The molecule has 0 aromatic heterocycles. The average molecular weight is 298 g/mol. The predicted molar refractivity (Wildman–Crippen MR) is 89.1 cm³/mol. The maximum Gasteiger partial charge on any atom is 0.241 e. The molecule has 0 aliphatic heterocycles. The van der Waals surface area contributed by atoms with Crippen LogP contribution in [0.15, 0.2) is 48.5 Å². The molecule has 0 bridgehead atoms. The van der Waals surface area contributed by atoms with Gasteiger partial charge in [-0.2, -0.15) is 0 Å². The molecule has 4 heteroatoms. The third kappa shape index (κ3) is 4.90. The lowest BCUT2D eigenvalue weighted by molar-refractivity contribution is -0.117. The van der Waals surface area contributed by atoms with Gasteiger partial charge in [0.05, 0.1) is 12.6 Å². The maximum atomic E-state index is 12.0. The number of rotatable bonds is 6. The SMILES string of the molecule is Cc1cc(C)cc(OCCC(N)C(=O)Nc2ccccc2)c1. The molecule has 0 fully saturated rings. The summed E-state index contributed by atoms with van der Waals surface area (Å²) in [6.07, 6.45) is 0.464. The lowest BCUT2D eigenvalue weighted by Crippen LogP contribution is -2.36. The number of nitrogens with one attached hydrogen (secondary N) is 1. The van der Waals surface area contributed by atoms with Crippen LogP contribution in [0.1, 0.15) is 17.5 Å². The number of carbonyl (C=O) groups excluding carboxylic acids is 1. The van der Waals surface area contributed by atoms with Gasteiger partial charge in [0.2, 0.25) is 5.91 Å². The molecule has 0 saturated carbocycles. The summed E-state index contributed by atoms with van der Waals surface area (Å²) in [5.41, 5.74) is 8.95. The zero-order chi connectivity index (χ0) is 15.9. The van der Waals surface area contributed by atoms with Gasteiger partial charge in [-0.15, -0.1) is 0 Å². The number of benzene rings is 2. The zero-order valence-electron chi connectivity index (χ0n) is 13.0. The second kappa shape index (κ2) is 7.61. The molecule has 2 aromatic rings. The Morgan fingerprint density at radius 3 is 2.41 bits per heavy atom. The number of carbonyl (C=O) groups is 1. The van der Waals surface area contributed by atoms with Gasteiger partial charge in [0.15, 0.2) is 0 Å². The van der Waals surface area contributed by atoms with Crippen LogP contribution < -0.4 is 15.8 Å². The van der Waals surface area contributed by atoms with E-state index in [2.05, 4.69) is 11.4 Å². The summed E-state index contributed by atoms with van der Waals surface area (Å²) in [5.74, 6) is 0.614. The minimum Gasteiger partial charge on any atom is -0.494 e. The van der Waals surface area contributed by atoms with Crippen LogP contribution in [0.4, 0.5) is 5.69 Å². The molecular formula is C18H22N2O2. The highest BCUT2D eigenvalue weighted by Gasteiger charge is 2.13. The van der Waals surface area contributed by atoms with Gasteiger partial charge in [-0.25, -0.2) is 0 Å². The van der Waals surface area contributed by atoms with E-state index in [1.807, 2.05) is 56.3 Å². The highest BCUT2D eigenvalue weighted by molar-refractivity contribution is 5.94. The minimum absolute atomic E-state index is 0.199. The summed E-state index contributed by atoms with van der Waals surface area (Å²) >= 11 is 0. The fraction of sp³-hybridized carbons (Fsp3) is 0.278. The molecule has 0 radical (unpaired) electrons. The number of nitrogens with two attached hydrogens (primary N) is 1. The van der Waals surface area contributed by atoms with Gasteiger partial charge in [0.1, 0.15) is 5.75 Å². The lowest BCUT2D eigenvalue weighted by atomic mass is 10.1. The van der Waals surface area contributed by atoms with Gasteiger partial charge in [-0.3, -0.25) is 4.79 Å². The Morgan fingerprint density at radius 2 is 1.77 bits per heavy atom. The largest absolute Gasteiger partial charge is 0.494 e. The van der Waals surface area contributed by atoms with Gasteiger partial charge in [-0.1, -0.05) is 24.3 Å². The third-order valence-corrected chi connectivity index (χ3v) is 3.27. The molecule has 116 valence electrons. The van der Waals surface area contributed by atoms with Crippen LogP contribution in [0.25, 0.3) is 0 Å². The molecule has 1 unspecified atom stereocenters. The zero-order valence-corrected chi connectivity index (χ0v) is 13.0. The number of para-hydroxylation sites is 1. The first-order chi connectivity index (χ1) is 10.5. The van der Waals surface area contributed by atoms with Crippen LogP contribution in [-0.2, 0) is 4.79 Å². The standard InChI is InChI=1S/C18H22N2O2/c1-13-10-14(2)12-16(11-13)22-9-8-17(19)18(21)20-15-6-4-3-5-7-15/h3-7,10-12,17H,8-9,19H2,1-2H3,(H,20,21). The van der Waals surface area contributed by atoms with E-state index in [1.54, 1.807) is 0 Å². The van der Waals surface area contributed by atoms with Gasteiger partial charge in [0.25, 0.3) is 0 Å². The molecule has 1 amide bonds. The van der Waals surface area contributed by atoms with Gasteiger partial charge in [0, 0.05) is 12.1 Å². The van der Waals surface area contributed by atoms with Gasteiger partial charge < -0.3 is 15.8 Å². The second-order valence-corrected chi connectivity index (χ2v) is 5.42. The molecule has 0 aliphatic carbocycles. The summed E-state index contributed by atoms with van der Waals surface area (Å²) in [6, 6.07) is 14.7. The minimum atomic E-state index is -0.592. The van der Waals surface area contributed by atoms with E-state index in [1.165, 1.54) is 0 Å². The predicted octanol–water partition coefficient (Wildman–Crippen LogP) is 3.04. The maximum absolute atomic E-state index is 12.0. The molecule has 4 nitrogen and oxygen atoms in total. The van der Waals surface area contributed by atoms with Crippen molar-refractivity contribution < 1.29 is 9.53 Å². The van der Waals surface area contributed by atoms with E-state index in [-0.39, 0.29) is 5.91 Å². The molecule has 3 N–H and O–H groups in total. The van der Waals surface area contributed by atoms with Crippen molar-refractivity contribution in [1.29, 1.82) is 0 Å². The first-order valence-electron chi connectivity index (χ1n) is 7.37. The average Bonchev–Trinajstić information content (AvgIpc) is 2.47. The van der Waals surface area contributed by atoms with Gasteiger partial charge >= 0.3 is 0 Å².